The Hall–Kier alpha value is -2.10. The Balaban J connectivity index is 4.96. The molecule has 0 aliphatic rings. The van der Waals surface area contributed by atoms with Crippen molar-refractivity contribution in [1.29, 1.82) is 0 Å². The smallest absolute Gasteiger partial charge is 0.396 e. The van der Waals surface area contributed by atoms with Crippen LogP contribution in [0.2, 0.25) is 0 Å². The third kappa shape index (κ3) is 9.69. The van der Waals surface area contributed by atoms with Gasteiger partial charge < -0.3 is 4.74 Å². The van der Waals surface area contributed by atoms with Gasteiger partial charge in [-0.2, -0.15) is 61.5 Å². The van der Waals surface area contributed by atoms with Gasteiger partial charge >= 0.3 is 47.6 Å². The van der Waals surface area contributed by atoms with Crippen molar-refractivity contribution < 1.29 is 75.4 Å². The van der Waals surface area contributed by atoms with Crippen LogP contribution < -0.4 is 0 Å². The second kappa shape index (κ2) is 16.3. The van der Waals surface area contributed by atoms with Crippen LogP contribution in [0.5, 0.6) is 0 Å². The van der Waals surface area contributed by atoms with Crippen LogP contribution in [0, 0.1) is 0 Å². The van der Waals surface area contributed by atoms with Gasteiger partial charge in [-0.3, -0.25) is 4.79 Å². The maximum atomic E-state index is 13.7. The van der Waals surface area contributed by atoms with Crippen molar-refractivity contribution in [3.05, 3.63) is 24.3 Å². The van der Waals surface area contributed by atoms with Crippen LogP contribution in [0.25, 0.3) is 0 Å². The van der Waals surface area contributed by atoms with Gasteiger partial charge in [0.1, 0.15) is 0 Å². The molecule has 0 bridgehead atoms. The zero-order valence-electron chi connectivity index (χ0n) is 23.0. The lowest BCUT2D eigenvalue weighted by Crippen LogP contribution is -2.73. The Bertz CT molecular complexity index is 899. The molecule has 0 spiro atoms. The Morgan fingerprint density at radius 3 is 1.47 bits per heavy atom. The fraction of sp³-hybridized carbons (Fsp3) is 0.808. The number of allylic oxidation sites excluding steroid dienone is 4. The molecule has 0 atom stereocenters. The molecule has 0 rings (SSSR count). The fourth-order valence-corrected chi connectivity index (χ4v) is 3.43. The minimum absolute atomic E-state index is 0.111. The van der Waals surface area contributed by atoms with Gasteiger partial charge in [0.15, 0.2) is 6.67 Å². The van der Waals surface area contributed by atoms with E-state index in [4.69, 9.17) is 0 Å². The van der Waals surface area contributed by atoms with E-state index in [1.165, 1.54) is 0 Å². The van der Waals surface area contributed by atoms with Crippen molar-refractivity contribution in [2.45, 2.75) is 126 Å². The minimum atomic E-state index is -8.35. The second-order valence-corrected chi connectivity index (χ2v) is 9.68. The predicted molar refractivity (Wildman–Crippen MR) is 126 cm³/mol. The molecule has 17 heteroatoms. The zero-order chi connectivity index (χ0) is 33.8. The molecule has 0 aromatic heterocycles. The summed E-state index contributed by atoms with van der Waals surface area (Å²) in [7, 11) is 0. The first kappa shape index (κ1) is 40.9. The van der Waals surface area contributed by atoms with Crippen LogP contribution in [-0.2, 0) is 9.53 Å². The maximum Gasteiger partial charge on any atom is 0.473 e. The molecule has 0 aliphatic heterocycles. The average molecular weight is 663 g/mol. The number of alkyl halides is 15. The maximum absolute atomic E-state index is 13.7. The monoisotopic (exact) mass is 662 g/mol. The number of rotatable bonds is 22. The normalized spacial score (nSPS) is 14.7. The van der Waals surface area contributed by atoms with Crippen molar-refractivity contribution in [1.82, 2.24) is 0 Å². The number of esters is 1. The first-order valence-corrected chi connectivity index (χ1v) is 13.2. The molecule has 2 nitrogen and oxygen atoms in total. The highest BCUT2D eigenvalue weighted by Crippen LogP contribution is 2.62. The third-order valence-electron chi connectivity index (χ3n) is 6.14. The van der Waals surface area contributed by atoms with Crippen LogP contribution in [0.1, 0.15) is 84.0 Å². The zero-order valence-corrected chi connectivity index (χ0v) is 23.0. The highest BCUT2D eigenvalue weighted by Gasteiger charge is 2.93. The lowest BCUT2D eigenvalue weighted by atomic mass is 9.91. The largest absolute Gasteiger partial charge is 0.473 e. The molecule has 43 heavy (non-hydrogen) atoms. The summed E-state index contributed by atoms with van der Waals surface area (Å²) < 4.78 is 203. The number of hydrogen-bond acceptors (Lipinski definition) is 2. The number of carbonyl (C=O) groups excluding carboxylic acids is 1. The van der Waals surface area contributed by atoms with Crippen molar-refractivity contribution in [3.8, 4) is 0 Å². The van der Waals surface area contributed by atoms with Crippen molar-refractivity contribution in [2.75, 3.05) is 6.67 Å². The molecule has 0 aliphatic carbocycles. The van der Waals surface area contributed by atoms with Gasteiger partial charge in [0.2, 0.25) is 0 Å². The van der Waals surface area contributed by atoms with Crippen LogP contribution >= 0.6 is 0 Å². The molecule has 0 unspecified atom stereocenters. The molecule has 0 aromatic rings. The van der Waals surface area contributed by atoms with E-state index in [9.17, 15) is 70.7 Å². The fourth-order valence-electron chi connectivity index (χ4n) is 3.43. The molecule has 0 radical (unpaired) electrons. The predicted octanol–water partition coefficient (Wildman–Crippen LogP) is 10.7. The summed E-state index contributed by atoms with van der Waals surface area (Å²) in [5, 5.41) is 0. The number of hydrogen-bond donors (Lipinski definition) is 0. The molecular formula is C26H33F15O2. The number of unbranched alkanes of at least 4 members (excludes halogenated alkanes) is 8. The summed E-state index contributed by atoms with van der Waals surface area (Å²) in [6, 6.07) is 0. The van der Waals surface area contributed by atoms with Crippen LogP contribution in [0.4, 0.5) is 65.9 Å². The Morgan fingerprint density at radius 1 is 0.558 bits per heavy atom. The van der Waals surface area contributed by atoms with Gasteiger partial charge in [0.25, 0.3) is 0 Å². The Kier molecular flexibility index (Phi) is 15.5. The van der Waals surface area contributed by atoms with Crippen molar-refractivity contribution in [2.24, 2.45) is 0 Å². The summed E-state index contributed by atoms with van der Waals surface area (Å²) in [6.07, 6.45) is 7.01. The summed E-state index contributed by atoms with van der Waals surface area (Å²) in [5.41, 5.74) is 0. The molecule has 0 saturated carbocycles. The highest BCUT2D eigenvalue weighted by atomic mass is 19.4. The molecular weight excluding hydrogens is 629 g/mol. The third-order valence-corrected chi connectivity index (χ3v) is 6.14. The summed E-state index contributed by atoms with van der Waals surface area (Å²) >= 11 is 0. The summed E-state index contributed by atoms with van der Waals surface area (Å²) in [6.45, 7) is -1.74. The average Bonchev–Trinajstić information content (AvgIpc) is 2.89. The van der Waals surface area contributed by atoms with E-state index < -0.39 is 60.7 Å². The first-order chi connectivity index (χ1) is 19.5. The van der Waals surface area contributed by atoms with E-state index in [-0.39, 0.29) is 12.8 Å². The highest BCUT2D eigenvalue weighted by molar-refractivity contribution is 5.69. The van der Waals surface area contributed by atoms with Crippen LogP contribution in [0.3, 0.4) is 0 Å². The van der Waals surface area contributed by atoms with Gasteiger partial charge in [0, 0.05) is 6.42 Å². The van der Waals surface area contributed by atoms with Crippen molar-refractivity contribution >= 4 is 5.97 Å². The molecule has 0 N–H and O–H groups in total. The van der Waals surface area contributed by atoms with Gasteiger partial charge in [-0.1, -0.05) is 63.3 Å². The van der Waals surface area contributed by atoms with Crippen molar-refractivity contribution in [3.63, 3.8) is 0 Å². The van der Waals surface area contributed by atoms with Gasteiger partial charge in [-0.05, 0) is 38.5 Å². The Labute approximate surface area is 238 Å². The van der Waals surface area contributed by atoms with E-state index in [0.717, 1.165) is 32.1 Å². The molecule has 0 aromatic carbocycles. The van der Waals surface area contributed by atoms with Crippen LogP contribution in [-0.4, -0.2) is 54.3 Å². The summed E-state index contributed by atoms with van der Waals surface area (Å²) in [5.74, 6) is -49.5. The quantitative estimate of drug-likeness (QED) is 0.0499. The second-order valence-electron chi connectivity index (χ2n) is 9.68. The lowest BCUT2D eigenvalue weighted by Gasteiger charge is -2.41. The number of ether oxygens (including phenoxy) is 1. The van der Waals surface area contributed by atoms with Gasteiger partial charge in [-0.25, -0.2) is 4.39 Å². The standard InChI is InChI=1S/C26H33F15O2/c1-2-3-4-5-6-7-8-9-10-11-12-13-14-15-16-17-19(42)43-26(40,41)25(38,39)24(36,37)23(34,35)22(32,33)21(30,31)20(28,29)18-27/h6-7,9-10H,2-5,8,11-18H2,1H3/b7-6-,10-9-. The lowest BCUT2D eigenvalue weighted by molar-refractivity contribution is -0.461. The van der Waals surface area contributed by atoms with Crippen LogP contribution in [0.15, 0.2) is 24.3 Å². The molecule has 0 amide bonds. The van der Waals surface area contributed by atoms with E-state index >= 15 is 0 Å². The first-order valence-electron chi connectivity index (χ1n) is 13.2. The molecule has 254 valence electrons. The topological polar surface area (TPSA) is 26.3 Å². The Morgan fingerprint density at radius 2 is 0.977 bits per heavy atom. The van der Waals surface area contributed by atoms with E-state index in [2.05, 4.69) is 17.7 Å². The molecule has 0 saturated heterocycles. The number of halogens is 15. The number of carbonyl (C=O) groups is 1. The molecule has 0 fully saturated rings. The van der Waals surface area contributed by atoms with E-state index in [0.29, 0.717) is 25.7 Å². The van der Waals surface area contributed by atoms with Gasteiger partial charge in [0.05, 0.1) is 0 Å². The van der Waals surface area contributed by atoms with E-state index in [1.54, 1.807) is 0 Å². The van der Waals surface area contributed by atoms with E-state index in [1.807, 2.05) is 18.2 Å². The van der Waals surface area contributed by atoms with Gasteiger partial charge in [-0.15, -0.1) is 0 Å². The summed E-state index contributed by atoms with van der Waals surface area (Å²) in [4.78, 5) is 11.5. The SMILES string of the molecule is CCCCC/C=C\C/C=C\CCCCCCCC(=O)OC(F)(F)C(F)(F)C(F)(F)C(F)(F)C(F)(F)C(F)(F)C(F)(F)CF. The molecule has 0 heterocycles. The minimum Gasteiger partial charge on any atom is -0.396 e.